The molecule has 2 saturated heterocycles. The summed E-state index contributed by atoms with van der Waals surface area (Å²) in [5.74, 6) is -7.07. The summed E-state index contributed by atoms with van der Waals surface area (Å²) in [4.78, 5) is 88.0. The van der Waals surface area contributed by atoms with Gasteiger partial charge in [-0.3, -0.25) is 24.1 Å². The number of oxime groups is 1. The van der Waals surface area contributed by atoms with Gasteiger partial charge in [0.25, 0.3) is 0 Å². The van der Waals surface area contributed by atoms with E-state index in [0.717, 1.165) is 37.0 Å². The topological polar surface area (TPSA) is 272 Å². The van der Waals surface area contributed by atoms with E-state index in [1.54, 1.807) is 0 Å². The summed E-state index contributed by atoms with van der Waals surface area (Å²) in [5.41, 5.74) is 5.20. The van der Waals surface area contributed by atoms with Crippen LogP contribution >= 0.6 is 23.1 Å². The van der Waals surface area contributed by atoms with E-state index in [1.165, 1.54) is 34.2 Å². The number of hydrogen-bond acceptors (Lipinski definition) is 14. The number of phenols is 2. The first-order chi connectivity index (χ1) is 26.6. The normalized spacial score (nSPS) is 24.5. The summed E-state index contributed by atoms with van der Waals surface area (Å²) in [5, 5.41) is 54.3. The van der Waals surface area contributed by atoms with Crippen molar-refractivity contribution in [1.82, 2.24) is 14.5 Å². The fourth-order valence-corrected chi connectivity index (χ4v) is 10.7. The number of carbonyl (C=O) groups is 5. The highest BCUT2D eigenvalue weighted by Crippen LogP contribution is 2.69. The van der Waals surface area contributed by atoms with Crippen molar-refractivity contribution in [2.45, 2.75) is 62.6 Å². The lowest BCUT2D eigenvalue weighted by molar-refractivity contribution is -0.925. The van der Waals surface area contributed by atoms with Crippen LogP contribution in [0.15, 0.2) is 44.9 Å². The molecule has 1 amide bonds. The highest BCUT2D eigenvalue weighted by atomic mass is 32.2. The van der Waals surface area contributed by atoms with Crippen LogP contribution in [0.1, 0.15) is 55.8 Å². The minimum absolute atomic E-state index is 0.0442. The highest BCUT2D eigenvalue weighted by molar-refractivity contribution is 8.00. The van der Waals surface area contributed by atoms with Gasteiger partial charge in [-0.2, -0.15) is 0 Å². The number of anilines is 1. The number of Topliss-reactive ketones (excluding diaryl/α,β-unsaturated/α-hetero) is 1. The van der Waals surface area contributed by atoms with Crippen molar-refractivity contribution >= 4 is 74.4 Å². The number of quaternary nitrogens is 1. The van der Waals surface area contributed by atoms with Crippen LogP contribution in [0.4, 0.5) is 5.13 Å². The van der Waals surface area contributed by atoms with Gasteiger partial charge in [0, 0.05) is 53.8 Å². The molecule has 4 fully saturated rings. The van der Waals surface area contributed by atoms with E-state index in [2.05, 4.69) is 10.1 Å². The van der Waals surface area contributed by atoms with E-state index < -0.39 is 70.3 Å². The van der Waals surface area contributed by atoms with E-state index in [4.69, 9.17) is 15.7 Å². The van der Waals surface area contributed by atoms with E-state index in [9.17, 15) is 49.2 Å². The maximum Gasteiger partial charge on any atom is 0.352 e. The summed E-state index contributed by atoms with van der Waals surface area (Å²) in [6, 6.07) is 2.83. The molecule has 5 aliphatic rings. The molecule has 3 aliphatic heterocycles. The van der Waals surface area contributed by atoms with Gasteiger partial charge in [0.2, 0.25) is 12.0 Å². The maximum atomic E-state index is 14.1. The largest absolute Gasteiger partial charge is 0.504 e. The first-order valence-corrected chi connectivity index (χ1v) is 19.9. The number of aliphatic carboxylic acids is 3. The van der Waals surface area contributed by atoms with Crippen LogP contribution in [0.25, 0.3) is 10.9 Å². The molecule has 2 aliphatic carbocycles. The lowest BCUT2D eigenvalue weighted by Crippen LogP contribution is -2.65. The Labute approximate surface area is 325 Å². The van der Waals surface area contributed by atoms with Crippen molar-refractivity contribution in [2.24, 2.45) is 16.5 Å². The molecular formula is C36H37N6O12S2+. The Bertz CT molecular complexity index is 2360. The maximum absolute atomic E-state index is 14.1. The molecule has 8 rings (SSSR count). The second-order valence-corrected chi connectivity index (χ2v) is 17.0. The predicted molar refractivity (Wildman–Crippen MR) is 199 cm³/mol. The summed E-state index contributed by atoms with van der Waals surface area (Å²) in [6.45, 7) is 1.90. The van der Waals surface area contributed by atoms with Gasteiger partial charge in [-0.15, -0.1) is 23.1 Å². The number of thioether (sulfide) groups is 1. The number of hydrogen-bond donors (Lipinski definition) is 6. The number of rotatable bonds is 14. The van der Waals surface area contributed by atoms with Gasteiger partial charge in [0.1, 0.15) is 24.5 Å². The number of nitrogens with zero attached hydrogens (tertiary/aromatic N) is 5. The summed E-state index contributed by atoms with van der Waals surface area (Å²) < 4.78 is 2.36. The molecule has 0 bridgehead atoms. The summed E-state index contributed by atoms with van der Waals surface area (Å²) >= 11 is 2.32. The van der Waals surface area contributed by atoms with Crippen LogP contribution in [0.5, 0.6) is 11.5 Å². The number of nitrogen functional groups attached to an aromatic ring is 1. The quantitative estimate of drug-likeness (QED) is 0.0447. The fourth-order valence-electron chi connectivity index (χ4n) is 8.52. The van der Waals surface area contributed by atoms with Gasteiger partial charge in [-0.1, -0.05) is 5.16 Å². The third-order valence-corrected chi connectivity index (χ3v) is 13.5. The average molecular weight is 810 g/mol. The Morgan fingerprint density at radius 3 is 2.41 bits per heavy atom. The Morgan fingerprint density at radius 1 is 1.07 bits per heavy atom. The van der Waals surface area contributed by atoms with Crippen molar-refractivity contribution in [3.8, 4) is 11.5 Å². The van der Waals surface area contributed by atoms with Crippen LogP contribution in [0.3, 0.4) is 0 Å². The second-order valence-electron chi connectivity index (χ2n) is 15.1. The number of carbonyl (C=O) groups excluding carboxylic acids is 2. The molecule has 3 aromatic rings. The first-order valence-electron chi connectivity index (χ1n) is 17.9. The Kier molecular flexibility index (Phi) is 9.11. The van der Waals surface area contributed by atoms with Gasteiger partial charge in [0.05, 0.1) is 46.8 Å². The van der Waals surface area contributed by atoms with Crippen LogP contribution in [-0.4, -0.2) is 117 Å². The number of ketones is 1. The van der Waals surface area contributed by atoms with Crippen molar-refractivity contribution in [2.75, 3.05) is 31.1 Å². The van der Waals surface area contributed by atoms with Crippen LogP contribution in [0.2, 0.25) is 0 Å². The number of phenolic OH excluding ortho intramolecular Hbond substituents is 2. The number of nitrogens with two attached hydrogens (primary N) is 1. The van der Waals surface area contributed by atoms with E-state index in [-0.39, 0.29) is 57.8 Å². The number of likely N-dealkylation sites (tertiary alicyclic amines) is 1. The molecule has 1 spiro atoms. The number of benzene rings is 1. The zero-order valence-corrected chi connectivity index (χ0v) is 31.3. The number of fused-ring (bicyclic) bond motifs is 3. The molecule has 2 saturated carbocycles. The number of aromatic hydroxyl groups is 2. The van der Waals surface area contributed by atoms with Gasteiger partial charge >= 0.3 is 17.9 Å². The van der Waals surface area contributed by atoms with E-state index in [1.807, 2.05) is 10.8 Å². The highest BCUT2D eigenvalue weighted by Gasteiger charge is 2.78. The van der Waals surface area contributed by atoms with E-state index in [0.29, 0.717) is 40.8 Å². The molecule has 1 aromatic carbocycles. The van der Waals surface area contributed by atoms with Crippen molar-refractivity contribution in [1.29, 1.82) is 0 Å². The molecule has 0 radical (unpaired) electrons. The molecule has 1 unspecified atom stereocenters. The van der Waals surface area contributed by atoms with Crippen molar-refractivity contribution in [3.63, 3.8) is 0 Å². The van der Waals surface area contributed by atoms with Crippen molar-refractivity contribution < 1.29 is 58.8 Å². The lowest BCUT2D eigenvalue weighted by atomic mass is 9.87. The number of pyridine rings is 1. The minimum atomic E-state index is -1.92. The molecule has 5 heterocycles. The SMILES string of the molecule is Nc1nc(/C(=N/O[C@@H](CC(=O)O)C(=O)O)C(=O)[C@@H]2CC23C(=O)N2C(C(=O)O)=C(C[N+]4(Cc5cn(C6CC6)c6cc(O)c(O)cc6c5=O)CCCC4)CS[C@@H]23)cs1. The monoisotopic (exact) mass is 809 g/mol. The van der Waals surface area contributed by atoms with Gasteiger partial charge in [-0.25, -0.2) is 14.6 Å². The lowest BCUT2D eigenvalue weighted by Gasteiger charge is -2.51. The molecule has 56 heavy (non-hydrogen) atoms. The zero-order valence-electron chi connectivity index (χ0n) is 29.6. The van der Waals surface area contributed by atoms with E-state index >= 15 is 0 Å². The fraction of sp³-hybridized carbons (Fsp3) is 0.444. The number of aromatic nitrogens is 2. The molecule has 20 heteroatoms. The van der Waals surface area contributed by atoms with Crippen LogP contribution in [0, 0.1) is 11.3 Å². The van der Waals surface area contributed by atoms with Gasteiger partial charge in [0.15, 0.2) is 33.6 Å². The first kappa shape index (κ1) is 37.5. The number of carboxylic acid groups (broad SMARTS) is 3. The molecule has 294 valence electrons. The van der Waals surface area contributed by atoms with Crippen molar-refractivity contribution in [3.05, 3.63) is 56.5 Å². The molecule has 7 N–H and O–H groups in total. The van der Waals surface area contributed by atoms with Gasteiger partial charge in [-0.05, 0) is 25.3 Å². The molecule has 2 aromatic heterocycles. The smallest absolute Gasteiger partial charge is 0.352 e. The minimum Gasteiger partial charge on any atom is -0.504 e. The summed E-state index contributed by atoms with van der Waals surface area (Å²) in [7, 11) is 0. The molecule has 4 atom stereocenters. The Hall–Kier alpha value is -5.47. The second kappa shape index (κ2) is 13.6. The predicted octanol–water partition coefficient (Wildman–Crippen LogP) is 2.07. The standard InChI is InChI=1S/C36H36N6O12S2/c37-35-38-21(15-56-35)27(39-54-25(31(49)50)9-26(45)46)30(48)20-10-36(20)33(53)41-28(32(51)52)17(14-55-34(36)41)13-42(5-1-2-6-42)12-16-11-40(18-3-4-18)22-8-24(44)23(43)7-19(22)29(16)47/h7-8,11,15,18,20,25,34H,1-6,9-10,12-14H2,(H6-,37,38,39,43,44,45,46,47,48,49,50,51,52)/p+1/t20-,25-,34+,36?/m0/s1. The third-order valence-electron chi connectivity index (χ3n) is 11.4. The third kappa shape index (κ3) is 6.24. The summed E-state index contributed by atoms with van der Waals surface area (Å²) in [6.07, 6.45) is 2.54. The number of carboxylic acids is 3. The number of β-lactam (4-membered cyclic amide) rings is 1. The number of amides is 1. The van der Waals surface area contributed by atoms with Crippen LogP contribution < -0.4 is 11.2 Å². The molecular weight excluding hydrogens is 773 g/mol. The average Bonchev–Trinajstić information content (AvgIpc) is 4.05. The van der Waals surface area contributed by atoms with Crippen LogP contribution in [-0.2, 0) is 35.4 Å². The Balaban J connectivity index is 1.07. The van der Waals surface area contributed by atoms with Gasteiger partial charge < -0.3 is 45.2 Å². The molecule has 18 nitrogen and oxygen atoms in total. The number of thiazole rings is 1. The zero-order chi connectivity index (χ0) is 39.8. The Morgan fingerprint density at radius 2 is 1.79 bits per heavy atom.